The largest absolute Gasteiger partial charge is 0.298 e. The lowest BCUT2D eigenvalue weighted by atomic mass is 10.1. The van der Waals surface area contributed by atoms with Gasteiger partial charge in [0.15, 0.2) is 5.13 Å². The Morgan fingerprint density at radius 3 is 2.65 bits per heavy atom. The van der Waals surface area contributed by atoms with E-state index in [1.807, 2.05) is 53.9 Å². The van der Waals surface area contributed by atoms with Gasteiger partial charge in [0.2, 0.25) is 0 Å². The molecule has 0 fully saturated rings. The number of nitrogens with zero attached hydrogens (tertiary/aromatic N) is 1. The number of anilines is 1. The maximum Gasteiger partial charge on any atom is 0.257 e. The van der Waals surface area contributed by atoms with Crippen LogP contribution in [0.5, 0.6) is 0 Å². The van der Waals surface area contributed by atoms with Crippen molar-refractivity contribution in [2.45, 2.75) is 5.33 Å². The van der Waals surface area contributed by atoms with Crippen molar-refractivity contribution < 1.29 is 4.79 Å². The number of thiazole rings is 1. The molecule has 0 spiro atoms. The standard InChI is InChI=1S/C17H12Br2N2OS/c18-9-11-4-6-12(7-5-11)16(22)21-17-20-15(10-23-17)13-2-1-3-14(19)8-13/h1-8,10H,9H2,(H,20,21,22). The van der Waals surface area contributed by atoms with Gasteiger partial charge in [-0.05, 0) is 29.8 Å². The van der Waals surface area contributed by atoms with Crippen LogP contribution in [0.3, 0.4) is 0 Å². The average Bonchev–Trinajstić information content (AvgIpc) is 3.03. The third-order valence-corrected chi connectivity index (χ3v) is 5.11. The number of nitrogens with one attached hydrogen (secondary N) is 1. The first-order valence-corrected chi connectivity index (χ1v) is 9.63. The first-order chi connectivity index (χ1) is 11.2. The summed E-state index contributed by atoms with van der Waals surface area (Å²) < 4.78 is 1.00. The monoisotopic (exact) mass is 450 g/mol. The molecule has 0 aliphatic carbocycles. The van der Waals surface area contributed by atoms with Crippen molar-refractivity contribution in [1.29, 1.82) is 0 Å². The van der Waals surface area contributed by atoms with Gasteiger partial charge in [0.25, 0.3) is 5.91 Å². The van der Waals surface area contributed by atoms with Crippen LogP contribution in [-0.2, 0) is 5.33 Å². The third-order valence-electron chi connectivity index (χ3n) is 3.22. The van der Waals surface area contributed by atoms with E-state index in [0.717, 1.165) is 26.6 Å². The fourth-order valence-electron chi connectivity index (χ4n) is 2.03. The average molecular weight is 452 g/mol. The molecule has 0 radical (unpaired) electrons. The van der Waals surface area contributed by atoms with Gasteiger partial charge in [-0.25, -0.2) is 4.98 Å². The smallest absolute Gasteiger partial charge is 0.257 e. The van der Waals surface area contributed by atoms with E-state index in [0.29, 0.717) is 10.7 Å². The van der Waals surface area contributed by atoms with E-state index in [1.54, 1.807) is 0 Å². The molecule has 1 N–H and O–H groups in total. The molecule has 3 nitrogen and oxygen atoms in total. The summed E-state index contributed by atoms with van der Waals surface area (Å²) in [6, 6.07) is 15.4. The molecule has 23 heavy (non-hydrogen) atoms. The minimum atomic E-state index is -0.152. The SMILES string of the molecule is O=C(Nc1nc(-c2cccc(Br)c2)cs1)c1ccc(CBr)cc1. The highest BCUT2D eigenvalue weighted by molar-refractivity contribution is 9.10. The van der Waals surface area contributed by atoms with Crippen LogP contribution in [0, 0.1) is 0 Å². The van der Waals surface area contributed by atoms with Gasteiger partial charge in [-0.15, -0.1) is 11.3 Å². The molecule has 0 unspecified atom stereocenters. The summed E-state index contributed by atoms with van der Waals surface area (Å²) in [6.45, 7) is 0. The minimum Gasteiger partial charge on any atom is -0.298 e. The Kier molecular flexibility index (Phi) is 5.25. The molecule has 116 valence electrons. The molecule has 0 saturated carbocycles. The van der Waals surface area contributed by atoms with E-state index in [4.69, 9.17) is 0 Å². The van der Waals surface area contributed by atoms with Gasteiger partial charge in [0, 0.05) is 26.3 Å². The number of hydrogen-bond donors (Lipinski definition) is 1. The highest BCUT2D eigenvalue weighted by Crippen LogP contribution is 2.27. The molecule has 1 aromatic heterocycles. The molecular weight excluding hydrogens is 440 g/mol. The quantitative estimate of drug-likeness (QED) is 0.515. The fourth-order valence-corrected chi connectivity index (χ4v) is 3.51. The van der Waals surface area contributed by atoms with E-state index >= 15 is 0 Å². The predicted octanol–water partition coefficient (Wildman–Crippen LogP) is 5.72. The lowest BCUT2D eigenvalue weighted by Crippen LogP contribution is -2.11. The highest BCUT2D eigenvalue weighted by Gasteiger charge is 2.10. The molecule has 1 amide bonds. The molecule has 6 heteroatoms. The second-order valence-electron chi connectivity index (χ2n) is 4.83. The van der Waals surface area contributed by atoms with E-state index in [9.17, 15) is 4.79 Å². The molecule has 0 aliphatic rings. The first-order valence-electron chi connectivity index (χ1n) is 6.83. The van der Waals surface area contributed by atoms with Gasteiger partial charge in [-0.1, -0.05) is 56.1 Å². The van der Waals surface area contributed by atoms with Crippen molar-refractivity contribution in [1.82, 2.24) is 4.98 Å². The van der Waals surface area contributed by atoms with Crippen LogP contribution in [0.25, 0.3) is 11.3 Å². The van der Waals surface area contributed by atoms with Crippen LogP contribution in [0.15, 0.2) is 58.4 Å². The summed E-state index contributed by atoms with van der Waals surface area (Å²) >= 11 is 8.26. The Morgan fingerprint density at radius 1 is 1.17 bits per heavy atom. The number of amides is 1. The molecule has 0 saturated heterocycles. The molecule has 0 atom stereocenters. The Bertz CT molecular complexity index is 831. The predicted molar refractivity (Wildman–Crippen MR) is 102 cm³/mol. The maximum atomic E-state index is 12.2. The van der Waals surface area contributed by atoms with Gasteiger partial charge in [-0.3, -0.25) is 10.1 Å². The van der Waals surface area contributed by atoms with Crippen LogP contribution in [0.4, 0.5) is 5.13 Å². The second kappa shape index (κ2) is 7.38. The molecule has 0 aliphatic heterocycles. The summed E-state index contributed by atoms with van der Waals surface area (Å²) in [5, 5.41) is 6.15. The zero-order chi connectivity index (χ0) is 16.2. The van der Waals surface area contributed by atoms with Crippen molar-refractivity contribution >= 4 is 54.2 Å². The fraction of sp³-hybridized carbons (Fsp3) is 0.0588. The zero-order valence-electron chi connectivity index (χ0n) is 11.9. The van der Waals surface area contributed by atoms with Crippen molar-refractivity contribution in [2.24, 2.45) is 0 Å². The van der Waals surface area contributed by atoms with Crippen molar-refractivity contribution in [3.8, 4) is 11.3 Å². The Labute approximate surface area is 155 Å². The molecular formula is C17H12Br2N2OS. The van der Waals surface area contributed by atoms with E-state index < -0.39 is 0 Å². The summed E-state index contributed by atoms with van der Waals surface area (Å²) in [7, 11) is 0. The number of carbonyl (C=O) groups excluding carboxylic acids is 1. The number of aromatic nitrogens is 1. The molecule has 3 rings (SSSR count). The van der Waals surface area contributed by atoms with Gasteiger partial charge >= 0.3 is 0 Å². The van der Waals surface area contributed by atoms with Crippen LogP contribution in [0.2, 0.25) is 0 Å². The number of hydrogen-bond acceptors (Lipinski definition) is 3. The van der Waals surface area contributed by atoms with Crippen molar-refractivity contribution in [3.63, 3.8) is 0 Å². The zero-order valence-corrected chi connectivity index (χ0v) is 15.9. The van der Waals surface area contributed by atoms with Gasteiger partial charge < -0.3 is 0 Å². The number of halogens is 2. The summed E-state index contributed by atoms with van der Waals surface area (Å²) in [4.78, 5) is 16.7. The normalized spacial score (nSPS) is 10.5. The first kappa shape index (κ1) is 16.4. The molecule has 2 aromatic carbocycles. The number of alkyl halides is 1. The van der Waals surface area contributed by atoms with Crippen LogP contribution in [0.1, 0.15) is 15.9 Å². The Morgan fingerprint density at radius 2 is 1.96 bits per heavy atom. The van der Waals surface area contributed by atoms with E-state index in [-0.39, 0.29) is 5.91 Å². The number of carbonyl (C=O) groups is 1. The lowest BCUT2D eigenvalue weighted by Gasteiger charge is -2.02. The van der Waals surface area contributed by atoms with Crippen LogP contribution < -0.4 is 5.32 Å². The van der Waals surface area contributed by atoms with Gasteiger partial charge in [-0.2, -0.15) is 0 Å². The van der Waals surface area contributed by atoms with E-state index in [2.05, 4.69) is 42.2 Å². The van der Waals surface area contributed by atoms with Gasteiger partial charge in [0.1, 0.15) is 0 Å². The van der Waals surface area contributed by atoms with Crippen LogP contribution in [-0.4, -0.2) is 10.9 Å². The summed E-state index contributed by atoms with van der Waals surface area (Å²) in [5.74, 6) is -0.152. The van der Waals surface area contributed by atoms with Crippen molar-refractivity contribution in [2.75, 3.05) is 5.32 Å². The number of rotatable bonds is 4. The van der Waals surface area contributed by atoms with Gasteiger partial charge in [0.05, 0.1) is 5.69 Å². The molecule has 1 heterocycles. The summed E-state index contributed by atoms with van der Waals surface area (Å²) in [6.07, 6.45) is 0. The Balaban J connectivity index is 1.74. The second-order valence-corrected chi connectivity index (χ2v) is 7.17. The van der Waals surface area contributed by atoms with Crippen molar-refractivity contribution in [3.05, 3.63) is 69.5 Å². The minimum absolute atomic E-state index is 0.152. The maximum absolute atomic E-state index is 12.2. The highest BCUT2D eigenvalue weighted by atomic mass is 79.9. The topological polar surface area (TPSA) is 42.0 Å². The molecule has 0 bridgehead atoms. The third kappa shape index (κ3) is 4.07. The molecule has 3 aromatic rings. The summed E-state index contributed by atoms with van der Waals surface area (Å²) in [5.41, 5.74) is 3.61. The van der Waals surface area contributed by atoms with Crippen LogP contribution >= 0.6 is 43.2 Å². The lowest BCUT2D eigenvalue weighted by molar-refractivity contribution is 0.102. The van der Waals surface area contributed by atoms with E-state index in [1.165, 1.54) is 11.3 Å². The Hall–Kier alpha value is -1.50. The number of benzene rings is 2.